The molecule has 0 aliphatic carbocycles. The van der Waals surface area contributed by atoms with Gasteiger partial charge < -0.3 is 14.5 Å². The number of hydrogen-bond acceptors (Lipinski definition) is 4. The van der Waals surface area contributed by atoms with Crippen molar-refractivity contribution >= 4 is 45.1 Å². The third-order valence-electron chi connectivity index (χ3n) is 4.56. The molecule has 6 heteroatoms. The number of carbonyl (C=O) groups is 1. The van der Waals surface area contributed by atoms with Crippen LogP contribution in [0.2, 0.25) is 5.02 Å². The minimum atomic E-state index is -0.317. The molecule has 3 aromatic carbocycles. The zero-order valence-corrected chi connectivity index (χ0v) is 16.0. The molecule has 0 aliphatic heterocycles. The quantitative estimate of drug-likeness (QED) is 0.487. The first-order valence-electron chi connectivity index (χ1n) is 8.59. The number of hydrogen-bond donors (Lipinski definition) is 1. The molecule has 1 N–H and O–H groups in total. The molecule has 0 saturated heterocycles. The second kappa shape index (κ2) is 7.02. The molecule has 1 amide bonds. The lowest BCUT2D eigenvalue weighted by molar-refractivity contribution is 0.102. The summed E-state index contributed by atoms with van der Waals surface area (Å²) in [4.78, 5) is 25.4. The van der Waals surface area contributed by atoms with Gasteiger partial charge in [-0.3, -0.25) is 9.59 Å². The number of ether oxygens (including phenoxy) is 1. The SMILES string of the molecule is COc1ccccc1C(=O)Nc1ccc2c(=O)c3cc(Cl)c(C)cc3oc2c1. The first-order valence-corrected chi connectivity index (χ1v) is 8.97. The summed E-state index contributed by atoms with van der Waals surface area (Å²) < 4.78 is 11.1. The zero-order valence-electron chi connectivity index (χ0n) is 15.2. The van der Waals surface area contributed by atoms with Gasteiger partial charge in [0.1, 0.15) is 16.9 Å². The molecule has 0 aliphatic rings. The minimum Gasteiger partial charge on any atom is -0.496 e. The first-order chi connectivity index (χ1) is 13.5. The van der Waals surface area contributed by atoms with E-state index < -0.39 is 0 Å². The van der Waals surface area contributed by atoms with Gasteiger partial charge in [-0.15, -0.1) is 0 Å². The highest BCUT2D eigenvalue weighted by Crippen LogP contribution is 2.26. The Hall–Kier alpha value is -3.31. The van der Waals surface area contributed by atoms with Gasteiger partial charge in [-0.2, -0.15) is 0 Å². The molecule has 0 bridgehead atoms. The number of benzene rings is 3. The Morgan fingerprint density at radius 3 is 2.57 bits per heavy atom. The smallest absolute Gasteiger partial charge is 0.259 e. The van der Waals surface area contributed by atoms with Gasteiger partial charge in [0, 0.05) is 16.8 Å². The van der Waals surface area contributed by atoms with E-state index in [4.69, 9.17) is 20.8 Å². The van der Waals surface area contributed by atoms with E-state index >= 15 is 0 Å². The maximum absolute atomic E-state index is 12.8. The van der Waals surface area contributed by atoms with Crippen molar-refractivity contribution in [2.75, 3.05) is 12.4 Å². The largest absolute Gasteiger partial charge is 0.496 e. The lowest BCUT2D eigenvalue weighted by Crippen LogP contribution is -2.13. The number of methoxy groups -OCH3 is 1. The van der Waals surface area contributed by atoms with E-state index in [2.05, 4.69) is 5.32 Å². The van der Waals surface area contributed by atoms with E-state index in [1.807, 2.05) is 6.92 Å². The molecule has 140 valence electrons. The van der Waals surface area contributed by atoms with Crippen LogP contribution < -0.4 is 15.5 Å². The molecular weight excluding hydrogens is 378 g/mol. The molecule has 0 atom stereocenters. The molecule has 5 nitrogen and oxygen atoms in total. The summed E-state index contributed by atoms with van der Waals surface area (Å²) in [7, 11) is 1.51. The predicted molar refractivity (Wildman–Crippen MR) is 111 cm³/mol. The van der Waals surface area contributed by atoms with Crippen LogP contribution >= 0.6 is 11.6 Å². The van der Waals surface area contributed by atoms with Crippen LogP contribution in [0.1, 0.15) is 15.9 Å². The normalized spacial score (nSPS) is 11.0. The maximum atomic E-state index is 12.8. The van der Waals surface area contributed by atoms with Gasteiger partial charge in [-0.05, 0) is 48.9 Å². The lowest BCUT2D eigenvalue weighted by Gasteiger charge is -2.10. The Balaban J connectivity index is 1.77. The Bertz CT molecular complexity index is 1290. The number of anilines is 1. The number of aryl methyl sites for hydroxylation is 1. The van der Waals surface area contributed by atoms with E-state index in [-0.39, 0.29) is 11.3 Å². The molecule has 4 aromatic rings. The Morgan fingerprint density at radius 1 is 1.04 bits per heavy atom. The third kappa shape index (κ3) is 3.10. The highest BCUT2D eigenvalue weighted by molar-refractivity contribution is 6.32. The van der Waals surface area contributed by atoms with Gasteiger partial charge in [0.2, 0.25) is 5.43 Å². The number of para-hydroxylation sites is 1. The molecule has 4 rings (SSSR count). The molecule has 0 fully saturated rings. The van der Waals surface area contributed by atoms with Crippen molar-refractivity contribution in [3.8, 4) is 5.75 Å². The molecular formula is C22H16ClNO4. The number of amides is 1. The van der Waals surface area contributed by atoms with Crippen molar-refractivity contribution in [1.29, 1.82) is 0 Å². The van der Waals surface area contributed by atoms with Crippen LogP contribution in [0.15, 0.2) is 63.8 Å². The zero-order chi connectivity index (χ0) is 19.8. The van der Waals surface area contributed by atoms with Gasteiger partial charge in [0.25, 0.3) is 5.91 Å². The van der Waals surface area contributed by atoms with Crippen molar-refractivity contribution in [2.45, 2.75) is 6.92 Å². The van der Waals surface area contributed by atoms with Crippen molar-refractivity contribution in [3.05, 3.63) is 81.0 Å². The Morgan fingerprint density at radius 2 is 1.79 bits per heavy atom. The van der Waals surface area contributed by atoms with Gasteiger partial charge in [0.15, 0.2) is 0 Å². The summed E-state index contributed by atoms with van der Waals surface area (Å²) >= 11 is 6.14. The first kappa shape index (κ1) is 18.1. The van der Waals surface area contributed by atoms with Crippen molar-refractivity contribution in [3.63, 3.8) is 0 Å². The fourth-order valence-corrected chi connectivity index (χ4v) is 3.25. The van der Waals surface area contributed by atoms with Crippen LogP contribution in [0.5, 0.6) is 5.75 Å². The summed E-state index contributed by atoms with van der Waals surface area (Å²) in [5.41, 5.74) is 2.41. The van der Waals surface area contributed by atoms with E-state index in [0.717, 1.165) is 5.56 Å². The van der Waals surface area contributed by atoms with Gasteiger partial charge in [-0.1, -0.05) is 23.7 Å². The van der Waals surface area contributed by atoms with Gasteiger partial charge in [0.05, 0.1) is 23.4 Å². The molecule has 0 unspecified atom stereocenters. The van der Waals surface area contributed by atoms with Crippen molar-refractivity contribution < 1.29 is 13.9 Å². The van der Waals surface area contributed by atoms with Gasteiger partial charge in [-0.25, -0.2) is 0 Å². The van der Waals surface area contributed by atoms with Crippen LogP contribution in [-0.2, 0) is 0 Å². The molecule has 28 heavy (non-hydrogen) atoms. The highest BCUT2D eigenvalue weighted by atomic mass is 35.5. The molecule has 1 heterocycles. The lowest BCUT2D eigenvalue weighted by atomic mass is 10.1. The minimum absolute atomic E-state index is 0.166. The second-order valence-corrected chi connectivity index (χ2v) is 6.80. The fourth-order valence-electron chi connectivity index (χ4n) is 3.08. The van der Waals surface area contributed by atoms with E-state index in [9.17, 15) is 9.59 Å². The summed E-state index contributed by atoms with van der Waals surface area (Å²) in [6, 6.07) is 15.2. The molecule has 0 radical (unpaired) electrons. The van der Waals surface area contributed by atoms with Crippen LogP contribution in [0, 0.1) is 6.92 Å². The Labute approximate surface area is 165 Å². The number of carbonyl (C=O) groups excluding carboxylic acids is 1. The van der Waals surface area contributed by atoms with Crippen LogP contribution in [0.25, 0.3) is 21.9 Å². The van der Waals surface area contributed by atoms with E-state index in [0.29, 0.717) is 44.0 Å². The summed E-state index contributed by atoms with van der Waals surface area (Å²) in [6.45, 7) is 1.84. The number of halogens is 1. The molecule has 1 aromatic heterocycles. The van der Waals surface area contributed by atoms with Crippen LogP contribution in [-0.4, -0.2) is 13.0 Å². The number of fused-ring (bicyclic) bond motifs is 2. The fraction of sp³-hybridized carbons (Fsp3) is 0.0909. The van der Waals surface area contributed by atoms with Crippen LogP contribution in [0.4, 0.5) is 5.69 Å². The topological polar surface area (TPSA) is 68.5 Å². The third-order valence-corrected chi connectivity index (χ3v) is 4.97. The van der Waals surface area contributed by atoms with E-state index in [1.165, 1.54) is 7.11 Å². The second-order valence-electron chi connectivity index (χ2n) is 6.39. The standard InChI is InChI=1S/C22H16ClNO4/c1-12-9-19-16(11-17(12)23)21(25)14-8-7-13(10-20(14)28-19)24-22(26)15-5-3-4-6-18(15)27-2/h3-11H,1-2H3,(H,24,26). The van der Waals surface area contributed by atoms with Crippen LogP contribution in [0.3, 0.4) is 0 Å². The number of rotatable bonds is 3. The van der Waals surface area contributed by atoms with Crippen molar-refractivity contribution in [1.82, 2.24) is 0 Å². The maximum Gasteiger partial charge on any atom is 0.259 e. The Kier molecular flexibility index (Phi) is 4.53. The van der Waals surface area contributed by atoms with Crippen molar-refractivity contribution in [2.24, 2.45) is 0 Å². The van der Waals surface area contributed by atoms with Gasteiger partial charge >= 0.3 is 0 Å². The molecule has 0 saturated carbocycles. The summed E-state index contributed by atoms with van der Waals surface area (Å²) in [5.74, 6) is 0.160. The summed E-state index contributed by atoms with van der Waals surface area (Å²) in [6.07, 6.45) is 0. The summed E-state index contributed by atoms with van der Waals surface area (Å²) in [5, 5.41) is 4.17. The average Bonchev–Trinajstić information content (AvgIpc) is 2.69. The monoisotopic (exact) mass is 393 g/mol. The highest BCUT2D eigenvalue weighted by Gasteiger charge is 2.14. The average molecular weight is 394 g/mol. The predicted octanol–water partition coefficient (Wildman–Crippen LogP) is 5.17. The molecule has 0 spiro atoms. The van der Waals surface area contributed by atoms with E-state index in [1.54, 1.807) is 54.6 Å². The number of nitrogens with one attached hydrogen (secondary N) is 1.